The number of amides is 1. The maximum absolute atomic E-state index is 13.7. The van der Waals surface area contributed by atoms with E-state index in [9.17, 15) is 14.4 Å². The highest BCUT2D eigenvalue weighted by molar-refractivity contribution is 6.06. The van der Waals surface area contributed by atoms with Crippen LogP contribution in [-0.4, -0.2) is 38.9 Å². The molecule has 1 amide bonds. The molecule has 0 unspecified atom stereocenters. The Morgan fingerprint density at radius 2 is 1.91 bits per heavy atom. The van der Waals surface area contributed by atoms with E-state index in [2.05, 4.69) is 5.32 Å². The molecule has 3 heterocycles. The van der Waals surface area contributed by atoms with E-state index in [1.54, 1.807) is 28.8 Å². The van der Waals surface area contributed by atoms with Crippen LogP contribution in [0.5, 0.6) is 0 Å². The zero-order valence-corrected chi connectivity index (χ0v) is 18.7. The first-order valence-corrected chi connectivity index (χ1v) is 11.1. The number of hydrogen-bond donors (Lipinski definition) is 1. The lowest BCUT2D eigenvalue weighted by molar-refractivity contribution is -0.122. The van der Waals surface area contributed by atoms with Crippen molar-refractivity contribution in [3.8, 4) is 5.69 Å². The first kappa shape index (κ1) is 21.2. The van der Waals surface area contributed by atoms with Crippen LogP contribution in [0.25, 0.3) is 27.6 Å². The Morgan fingerprint density at radius 1 is 1.12 bits per heavy atom. The molecular formula is C25H26N4O4. The van der Waals surface area contributed by atoms with Crippen LogP contribution in [0, 0.1) is 6.92 Å². The van der Waals surface area contributed by atoms with Crippen molar-refractivity contribution in [1.82, 2.24) is 19.0 Å². The fraction of sp³-hybridized carbons (Fsp3) is 0.320. The quantitative estimate of drug-likeness (QED) is 0.509. The Hall–Kier alpha value is -3.65. The number of aromatic nitrogens is 3. The van der Waals surface area contributed by atoms with E-state index in [1.807, 2.05) is 38.2 Å². The summed E-state index contributed by atoms with van der Waals surface area (Å²) in [6.45, 7) is 2.88. The number of carbonyl (C=O) groups excluding carboxylic acids is 1. The third kappa shape index (κ3) is 3.66. The number of ether oxygens (including phenoxy) is 1. The molecule has 1 atom stereocenters. The molecule has 1 aliphatic heterocycles. The minimum absolute atomic E-state index is 0.00386. The lowest BCUT2D eigenvalue weighted by Crippen LogP contribution is -2.43. The number of aryl methyl sites for hydroxylation is 2. The molecule has 0 radical (unpaired) electrons. The number of nitrogens with one attached hydrogen (secondary N) is 1. The van der Waals surface area contributed by atoms with Crippen LogP contribution < -0.4 is 16.6 Å². The van der Waals surface area contributed by atoms with Crippen molar-refractivity contribution in [1.29, 1.82) is 0 Å². The summed E-state index contributed by atoms with van der Waals surface area (Å²) >= 11 is 0. The second-order valence-corrected chi connectivity index (χ2v) is 8.56. The van der Waals surface area contributed by atoms with Gasteiger partial charge in [-0.05, 0) is 44.0 Å². The summed E-state index contributed by atoms with van der Waals surface area (Å²) in [5.74, 6) is -0.295. The van der Waals surface area contributed by atoms with Gasteiger partial charge >= 0.3 is 5.69 Å². The van der Waals surface area contributed by atoms with Crippen molar-refractivity contribution in [2.24, 2.45) is 7.05 Å². The van der Waals surface area contributed by atoms with Crippen LogP contribution in [0.2, 0.25) is 0 Å². The molecule has 170 valence electrons. The molecule has 0 saturated carbocycles. The average Bonchev–Trinajstić information content (AvgIpc) is 3.42. The van der Waals surface area contributed by atoms with Gasteiger partial charge in [0, 0.05) is 25.6 Å². The number of hydrogen-bond acceptors (Lipinski definition) is 4. The van der Waals surface area contributed by atoms with Gasteiger partial charge in [-0.25, -0.2) is 9.36 Å². The number of nitrogens with zero attached hydrogens (tertiary/aromatic N) is 3. The summed E-state index contributed by atoms with van der Waals surface area (Å²) in [6, 6.07) is 14.6. The Morgan fingerprint density at radius 3 is 2.64 bits per heavy atom. The van der Waals surface area contributed by atoms with Gasteiger partial charge in [-0.2, -0.15) is 0 Å². The fourth-order valence-electron chi connectivity index (χ4n) is 4.65. The zero-order valence-electron chi connectivity index (χ0n) is 18.7. The molecule has 33 heavy (non-hydrogen) atoms. The molecule has 2 aromatic heterocycles. The van der Waals surface area contributed by atoms with Gasteiger partial charge in [-0.1, -0.05) is 29.8 Å². The van der Waals surface area contributed by atoms with Gasteiger partial charge in [0.05, 0.1) is 22.8 Å². The van der Waals surface area contributed by atoms with Crippen molar-refractivity contribution < 1.29 is 9.53 Å². The predicted octanol–water partition coefficient (Wildman–Crippen LogP) is 2.25. The molecule has 8 heteroatoms. The van der Waals surface area contributed by atoms with Gasteiger partial charge in [-0.15, -0.1) is 0 Å². The van der Waals surface area contributed by atoms with Crippen molar-refractivity contribution in [3.63, 3.8) is 0 Å². The summed E-state index contributed by atoms with van der Waals surface area (Å²) in [6.07, 6.45) is 1.90. The highest BCUT2D eigenvalue weighted by Gasteiger charge is 2.23. The van der Waals surface area contributed by atoms with Crippen LogP contribution in [0.4, 0.5) is 0 Å². The van der Waals surface area contributed by atoms with Crippen molar-refractivity contribution in [2.45, 2.75) is 32.4 Å². The number of para-hydroxylation sites is 1. The highest BCUT2D eigenvalue weighted by Crippen LogP contribution is 2.26. The Balaban J connectivity index is 1.71. The smallest absolute Gasteiger partial charge is 0.336 e. The summed E-state index contributed by atoms with van der Waals surface area (Å²) < 4.78 is 9.93. The minimum Gasteiger partial charge on any atom is -0.376 e. The van der Waals surface area contributed by atoms with E-state index in [0.29, 0.717) is 29.9 Å². The Labute approximate surface area is 190 Å². The normalized spacial score (nSPS) is 16.0. The Kier molecular flexibility index (Phi) is 5.38. The number of carbonyl (C=O) groups is 1. The van der Waals surface area contributed by atoms with Crippen LogP contribution in [0.15, 0.2) is 58.1 Å². The van der Waals surface area contributed by atoms with E-state index in [1.165, 1.54) is 4.57 Å². The maximum atomic E-state index is 13.7. The maximum Gasteiger partial charge on any atom is 0.336 e. The first-order valence-electron chi connectivity index (χ1n) is 11.1. The van der Waals surface area contributed by atoms with E-state index in [0.717, 1.165) is 33.9 Å². The Bertz CT molecular complexity index is 1470. The monoisotopic (exact) mass is 446 g/mol. The van der Waals surface area contributed by atoms with Crippen molar-refractivity contribution in [3.05, 3.63) is 74.9 Å². The number of benzene rings is 2. The largest absolute Gasteiger partial charge is 0.376 e. The molecule has 0 aliphatic carbocycles. The van der Waals surface area contributed by atoms with Crippen LogP contribution in [0.3, 0.4) is 0 Å². The van der Waals surface area contributed by atoms with E-state index in [4.69, 9.17) is 4.74 Å². The minimum atomic E-state index is -0.542. The molecule has 1 saturated heterocycles. The van der Waals surface area contributed by atoms with Crippen LogP contribution in [0.1, 0.15) is 18.4 Å². The van der Waals surface area contributed by atoms with Crippen LogP contribution >= 0.6 is 0 Å². The molecule has 4 aromatic rings. The number of fused-ring (bicyclic) bond motifs is 3. The van der Waals surface area contributed by atoms with E-state index < -0.39 is 11.2 Å². The van der Waals surface area contributed by atoms with Gasteiger partial charge < -0.3 is 14.6 Å². The molecule has 2 aromatic carbocycles. The molecule has 1 fully saturated rings. The molecule has 0 bridgehead atoms. The average molecular weight is 447 g/mol. The summed E-state index contributed by atoms with van der Waals surface area (Å²) in [4.78, 5) is 40.1. The SMILES string of the molecule is Cc1ccc2c(c1)c1c(c(=O)n(-c3ccccc3)c(=O)n1CC(=O)NC[C@@H]1CCCO1)n2C. The van der Waals surface area contributed by atoms with E-state index in [-0.39, 0.29) is 18.6 Å². The lowest BCUT2D eigenvalue weighted by atomic mass is 10.1. The van der Waals surface area contributed by atoms with Crippen LogP contribution in [-0.2, 0) is 23.1 Å². The summed E-state index contributed by atoms with van der Waals surface area (Å²) in [5.41, 5.74) is 2.20. The van der Waals surface area contributed by atoms with Gasteiger partial charge in [0.2, 0.25) is 5.91 Å². The van der Waals surface area contributed by atoms with Gasteiger partial charge in [0.25, 0.3) is 5.56 Å². The van der Waals surface area contributed by atoms with Gasteiger partial charge in [0.15, 0.2) is 0 Å². The van der Waals surface area contributed by atoms with Gasteiger partial charge in [0.1, 0.15) is 12.1 Å². The molecule has 0 spiro atoms. The molecule has 8 nitrogen and oxygen atoms in total. The molecule has 1 aliphatic rings. The number of rotatable bonds is 5. The fourth-order valence-corrected chi connectivity index (χ4v) is 4.65. The first-order chi connectivity index (χ1) is 16.0. The summed E-state index contributed by atoms with van der Waals surface area (Å²) in [5, 5.41) is 3.66. The lowest BCUT2D eigenvalue weighted by Gasteiger charge is -2.14. The third-order valence-electron chi connectivity index (χ3n) is 6.29. The molecule has 1 N–H and O–H groups in total. The third-order valence-corrected chi connectivity index (χ3v) is 6.29. The van der Waals surface area contributed by atoms with Crippen molar-refractivity contribution >= 4 is 27.8 Å². The summed E-state index contributed by atoms with van der Waals surface area (Å²) in [7, 11) is 1.81. The zero-order chi connectivity index (χ0) is 23.1. The van der Waals surface area contributed by atoms with Crippen molar-refractivity contribution in [2.75, 3.05) is 13.2 Å². The second-order valence-electron chi connectivity index (χ2n) is 8.56. The molecular weight excluding hydrogens is 420 g/mol. The standard InChI is InChI=1S/C25H26N4O4/c1-16-10-11-20-19(13-16)22-23(27(20)2)24(31)29(17-7-4-3-5-8-17)25(32)28(22)15-21(30)26-14-18-9-6-12-33-18/h3-5,7-8,10-11,13,18H,6,9,12,14-15H2,1-2H3,(H,26,30)/t18-/m0/s1. The second kappa shape index (κ2) is 8.37. The van der Waals surface area contributed by atoms with Gasteiger partial charge in [-0.3, -0.25) is 14.2 Å². The molecule has 5 rings (SSSR count). The highest BCUT2D eigenvalue weighted by atomic mass is 16.5. The van der Waals surface area contributed by atoms with E-state index >= 15 is 0 Å². The topological polar surface area (TPSA) is 87.3 Å². The predicted molar refractivity (Wildman–Crippen MR) is 127 cm³/mol.